The van der Waals surface area contributed by atoms with Crippen LogP contribution >= 0.6 is 11.6 Å². The Hall–Kier alpha value is -3.39. The Morgan fingerprint density at radius 1 is 1.05 bits per heavy atom. The number of aromatic nitrogens is 1. The predicted molar refractivity (Wildman–Crippen MR) is 169 cm³/mol. The van der Waals surface area contributed by atoms with Gasteiger partial charge < -0.3 is 20.1 Å². The highest BCUT2D eigenvalue weighted by Crippen LogP contribution is 2.55. The Morgan fingerprint density at radius 2 is 1.73 bits per heavy atom. The number of anilines is 1. The second-order valence-electron chi connectivity index (χ2n) is 13.6. The molecule has 3 fully saturated rings. The van der Waals surface area contributed by atoms with Crippen molar-refractivity contribution in [1.82, 2.24) is 20.1 Å². The summed E-state index contributed by atoms with van der Waals surface area (Å²) in [4.78, 5) is 35.7. The molecule has 3 heterocycles. The van der Waals surface area contributed by atoms with Gasteiger partial charge in [0.15, 0.2) is 0 Å². The minimum Gasteiger partial charge on any atom is -0.489 e. The number of pyridine rings is 1. The Labute approximate surface area is 264 Å². The number of carbonyl (C=O) groups excluding carboxylic acids is 1. The van der Waals surface area contributed by atoms with Crippen LogP contribution in [0.1, 0.15) is 56.5 Å². The number of benzene rings is 1. The third-order valence-corrected chi connectivity index (χ3v) is 10.0. The van der Waals surface area contributed by atoms with Gasteiger partial charge in [-0.3, -0.25) is 19.4 Å². The van der Waals surface area contributed by atoms with E-state index in [1.807, 2.05) is 17.0 Å². The number of rotatable bonds is 9. The topological polar surface area (TPSA) is 122 Å². The number of carboxylic acids is 1. The summed E-state index contributed by atoms with van der Waals surface area (Å²) in [5.74, 6) is 1.18. The molecule has 2 aliphatic heterocycles. The van der Waals surface area contributed by atoms with Crippen LogP contribution in [0, 0.1) is 28.1 Å². The zero-order valence-corrected chi connectivity index (χ0v) is 26.8. The summed E-state index contributed by atoms with van der Waals surface area (Å²) < 4.78 is 6.34. The van der Waals surface area contributed by atoms with E-state index in [1.54, 1.807) is 24.4 Å². The van der Waals surface area contributed by atoms with Crippen molar-refractivity contribution in [2.45, 2.75) is 52.7 Å². The molecule has 3 aliphatic rings. The highest BCUT2D eigenvalue weighted by atomic mass is 35.5. The number of carboxylic acid groups (broad SMARTS) is 1. The molecule has 1 aromatic heterocycles. The summed E-state index contributed by atoms with van der Waals surface area (Å²) in [6.45, 7) is 14.9. The number of amides is 1. The molecular formula is C33H43ClN6O4. The minimum atomic E-state index is -0.750. The molecule has 1 amide bonds. The van der Waals surface area contributed by atoms with Crippen molar-refractivity contribution in [3.05, 3.63) is 52.7 Å². The van der Waals surface area contributed by atoms with Gasteiger partial charge in [0.05, 0.1) is 22.7 Å². The van der Waals surface area contributed by atoms with Crippen LogP contribution in [0.4, 0.5) is 5.82 Å². The smallest absolute Gasteiger partial charge is 0.317 e. The zero-order chi connectivity index (χ0) is 31.6. The fourth-order valence-electron chi connectivity index (χ4n) is 7.56. The maximum atomic E-state index is 13.3. The van der Waals surface area contributed by atoms with Gasteiger partial charge in [-0.2, -0.15) is 5.26 Å². The number of aliphatic carboxylic acids is 1. The summed E-state index contributed by atoms with van der Waals surface area (Å²) in [5, 5.41) is 21.8. The lowest BCUT2D eigenvalue weighted by Crippen LogP contribution is -2.74. The number of hydrogen-bond acceptors (Lipinski definition) is 8. The summed E-state index contributed by atoms with van der Waals surface area (Å²) >= 11 is 6.21. The van der Waals surface area contributed by atoms with E-state index >= 15 is 0 Å². The highest BCUT2D eigenvalue weighted by molar-refractivity contribution is 6.31. The fraction of sp³-hybridized carbons (Fsp3) is 0.576. The van der Waals surface area contributed by atoms with Crippen LogP contribution in [-0.4, -0.2) is 96.3 Å². The molecule has 5 rings (SSSR count). The average Bonchev–Trinajstić information content (AvgIpc) is 2.99. The third-order valence-electron chi connectivity index (χ3n) is 9.72. The van der Waals surface area contributed by atoms with Gasteiger partial charge in [-0.1, -0.05) is 39.3 Å². The maximum absolute atomic E-state index is 13.3. The SMILES string of the molecule is CC1(C)C(NC(=O)c2ccc(N3CCN(CC4CCN(CC(=O)O)CC4)CC3)nc2)C(C)(C)C1Oc1ccc(C#N)c(Cl)c1. The molecule has 0 bridgehead atoms. The molecule has 1 aromatic carbocycles. The van der Waals surface area contributed by atoms with Crippen molar-refractivity contribution in [3.8, 4) is 11.8 Å². The Bertz CT molecular complexity index is 1380. The first-order valence-electron chi connectivity index (χ1n) is 15.4. The molecule has 2 saturated heterocycles. The average molecular weight is 623 g/mol. The normalized spacial score (nSPS) is 23.8. The van der Waals surface area contributed by atoms with Crippen LogP contribution in [0.5, 0.6) is 5.75 Å². The van der Waals surface area contributed by atoms with Crippen molar-refractivity contribution in [2.24, 2.45) is 16.7 Å². The monoisotopic (exact) mass is 622 g/mol. The molecule has 2 N–H and O–H groups in total. The van der Waals surface area contributed by atoms with Crippen LogP contribution < -0.4 is 15.0 Å². The van der Waals surface area contributed by atoms with Gasteiger partial charge in [0.2, 0.25) is 0 Å². The Morgan fingerprint density at radius 3 is 2.30 bits per heavy atom. The van der Waals surface area contributed by atoms with E-state index in [-0.39, 0.29) is 35.4 Å². The van der Waals surface area contributed by atoms with E-state index in [1.165, 1.54) is 0 Å². The molecule has 0 atom stereocenters. The zero-order valence-electron chi connectivity index (χ0n) is 26.1. The molecule has 1 aliphatic carbocycles. The van der Waals surface area contributed by atoms with Gasteiger partial charge in [-0.15, -0.1) is 0 Å². The standard InChI is InChI=1S/C33H43ClN6O4/c1-32(2)30(33(3,4)31(32)44-25-7-5-23(18-35)26(34)17-25)37-29(43)24-6-8-27(36-19-24)40-15-13-39(14-16-40)20-22-9-11-38(12-10-22)21-28(41)42/h5-8,17,19,22,30-31H,9-16,20-21H2,1-4H3,(H,37,43)(H,41,42). The lowest BCUT2D eigenvalue weighted by molar-refractivity contribution is -0.164. The van der Waals surface area contributed by atoms with E-state index in [0.717, 1.165) is 64.5 Å². The number of ether oxygens (including phenoxy) is 1. The van der Waals surface area contributed by atoms with E-state index in [0.29, 0.717) is 27.8 Å². The number of piperazine rings is 1. The number of likely N-dealkylation sites (tertiary alicyclic amines) is 1. The van der Waals surface area contributed by atoms with Crippen LogP contribution in [0.3, 0.4) is 0 Å². The number of piperidine rings is 1. The molecule has 11 heteroatoms. The van der Waals surface area contributed by atoms with Crippen molar-refractivity contribution >= 4 is 29.3 Å². The Balaban J connectivity index is 1.10. The number of nitrogens with one attached hydrogen (secondary N) is 1. The molecular weight excluding hydrogens is 580 g/mol. The third kappa shape index (κ3) is 6.80. The second kappa shape index (κ2) is 12.9. The first kappa shape index (κ1) is 32.0. The van der Waals surface area contributed by atoms with Gasteiger partial charge in [-0.25, -0.2) is 4.98 Å². The molecule has 2 aromatic rings. The van der Waals surface area contributed by atoms with Crippen LogP contribution in [0.15, 0.2) is 36.5 Å². The van der Waals surface area contributed by atoms with Gasteiger partial charge in [0.1, 0.15) is 23.7 Å². The lowest BCUT2D eigenvalue weighted by Gasteiger charge is -2.63. The number of halogens is 1. The largest absolute Gasteiger partial charge is 0.489 e. The first-order valence-corrected chi connectivity index (χ1v) is 15.8. The molecule has 1 saturated carbocycles. The summed E-state index contributed by atoms with van der Waals surface area (Å²) in [6, 6.07) is 10.8. The summed E-state index contributed by atoms with van der Waals surface area (Å²) in [7, 11) is 0. The van der Waals surface area contributed by atoms with E-state index in [2.05, 4.69) is 53.9 Å². The number of nitrogens with zero attached hydrogens (tertiary/aromatic N) is 5. The molecule has 10 nitrogen and oxygen atoms in total. The van der Waals surface area contributed by atoms with Crippen molar-refractivity contribution in [1.29, 1.82) is 5.26 Å². The van der Waals surface area contributed by atoms with Gasteiger partial charge in [0.25, 0.3) is 5.91 Å². The highest BCUT2D eigenvalue weighted by Gasteiger charge is 2.64. The number of carbonyl (C=O) groups is 2. The van der Waals surface area contributed by atoms with Crippen molar-refractivity contribution < 1.29 is 19.4 Å². The van der Waals surface area contributed by atoms with Crippen molar-refractivity contribution in [3.63, 3.8) is 0 Å². The molecule has 44 heavy (non-hydrogen) atoms. The van der Waals surface area contributed by atoms with Crippen molar-refractivity contribution in [2.75, 3.05) is 57.3 Å². The fourth-order valence-corrected chi connectivity index (χ4v) is 7.77. The summed E-state index contributed by atoms with van der Waals surface area (Å²) in [6.07, 6.45) is 3.59. The van der Waals surface area contributed by atoms with Crippen LogP contribution in [0.2, 0.25) is 5.02 Å². The molecule has 236 valence electrons. The number of nitriles is 1. The Kier molecular flexibility index (Phi) is 9.40. The van der Waals surface area contributed by atoms with E-state index < -0.39 is 5.97 Å². The summed E-state index contributed by atoms with van der Waals surface area (Å²) in [5.41, 5.74) is 0.238. The second-order valence-corrected chi connectivity index (χ2v) is 14.0. The lowest BCUT2D eigenvalue weighted by atomic mass is 9.49. The first-order chi connectivity index (χ1) is 20.9. The van der Waals surface area contributed by atoms with Crippen LogP contribution in [-0.2, 0) is 4.79 Å². The van der Waals surface area contributed by atoms with Gasteiger partial charge in [0, 0.05) is 61.9 Å². The van der Waals surface area contributed by atoms with Gasteiger partial charge >= 0.3 is 5.97 Å². The number of hydrogen-bond donors (Lipinski definition) is 2. The van der Waals surface area contributed by atoms with Crippen LogP contribution in [0.25, 0.3) is 0 Å². The minimum absolute atomic E-state index is 0.126. The van der Waals surface area contributed by atoms with E-state index in [4.69, 9.17) is 26.7 Å². The maximum Gasteiger partial charge on any atom is 0.317 e. The van der Waals surface area contributed by atoms with Gasteiger partial charge in [-0.05, 0) is 56.1 Å². The molecule has 0 spiro atoms. The van der Waals surface area contributed by atoms with E-state index in [9.17, 15) is 9.59 Å². The predicted octanol–water partition coefficient (Wildman–Crippen LogP) is 4.14. The molecule has 0 radical (unpaired) electrons. The molecule has 0 unspecified atom stereocenters. The quantitative estimate of drug-likeness (QED) is 0.425.